The van der Waals surface area contributed by atoms with Crippen molar-refractivity contribution in [2.75, 3.05) is 6.61 Å². The molecule has 1 aromatic carbocycles. The van der Waals surface area contributed by atoms with Crippen LogP contribution in [0.15, 0.2) is 36.9 Å². The Bertz CT molecular complexity index is 584. The van der Waals surface area contributed by atoms with E-state index in [0.717, 1.165) is 12.8 Å². The highest BCUT2D eigenvalue weighted by Crippen LogP contribution is 2.31. The molecule has 1 N–H and O–H groups in total. The molecule has 0 aromatic heterocycles. The summed E-state index contributed by atoms with van der Waals surface area (Å²) >= 11 is 0. The largest absolute Gasteiger partial charge is 0.460 e. The lowest BCUT2D eigenvalue weighted by Crippen LogP contribution is -2.48. The molecule has 1 aromatic rings. The molecule has 1 aliphatic carbocycles. The van der Waals surface area contributed by atoms with E-state index in [1.807, 2.05) is 32.9 Å². The SMILES string of the molecule is C=CCOC(=O)C(NC(=O)C(C)C1Cc2ccccc2C1)C(C)C. The van der Waals surface area contributed by atoms with Crippen molar-refractivity contribution in [2.24, 2.45) is 17.8 Å². The molecule has 0 spiro atoms. The summed E-state index contributed by atoms with van der Waals surface area (Å²) in [6.07, 6.45) is 3.35. The minimum absolute atomic E-state index is 0.0285. The van der Waals surface area contributed by atoms with E-state index >= 15 is 0 Å². The minimum atomic E-state index is -0.622. The molecule has 130 valence electrons. The molecular weight excluding hydrogens is 302 g/mol. The number of nitrogens with one attached hydrogen (secondary N) is 1. The van der Waals surface area contributed by atoms with E-state index in [0.29, 0.717) is 0 Å². The van der Waals surface area contributed by atoms with Gasteiger partial charge in [0.2, 0.25) is 5.91 Å². The Morgan fingerprint density at radius 3 is 2.33 bits per heavy atom. The van der Waals surface area contributed by atoms with Gasteiger partial charge in [-0.05, 0) is 35.8 Å². The van der Waals surface area contributed by atoms with Gasteiger partial charge in [-0.25, -0.2) is 4.79 Å². The topological polar surface area (TPSA) is 55.4 Å². The molecule has 0 fully saturated rings. The summed E-state index contributed by atoms with van der Waals surface area (Å²) in [7, 11) is 0. The first-order chi connectivity index (χ1) is 11.4. The summed E-state index contributed by atoms with van der Waals surface area (Å²) < 4.78 is 5.10. The lowest BCUT2D eigenvalue weighted by molar-refractivity contribution is -0.148. The van der Waals surface area contributed by atoms with Crippen LogP contribution in [-0.4, -0.2) is 24.5 Å². The highest BCUT2D eigenvalue weighted by Gasteiger charge is 2.33. The van der Waals surface area contributed by atoms with Crippen LogP contribution in [0.1, 0.15) is 31.9 Å². The molecule has 0 saturated heterocycles. The fraction of sp³-hybridized carbons (Fsp3) is 0.500. The van der Waals surface area contributed by atoms with E-state index in [9.17, 15) is 9.59 Å². The second kappa shape index (κ2) is 8.13. The fourth-order valence-electron chi connectivity index (χ4n) is 3.17. The Hall–Kier alpha value is -2.10. The molecule has 2 rings (SSSR count). The standard InChI is InChI=1S/C20H27NO3/c1-5-10-24-20(23)18(13(2)3)21-19(22)14(4)17-11-15-8-6-7-9-16(15)12-17/h5-9,13-14,17-18H,1,10-12H2,2-4H3,(H,21,22). The molecule has 4 heteroatoms. The molecule has 0 radical (unpaired) electrons. The van der Waals surface area contributed by atoms with E-state index < -0.39 is 12.0 Å². The van der Waals surface area contributed by atoms with Crippen LogP contribution >= 0.6 is 0 Å². The lowest BCUT2D eigenvalue weighted by atomic mass is 9.90. The molecule has 0 saturated carbocycles. The van der Waals surface area contributed by atoms with Crippen molar-refractivity contribution in [3.63, 3.8) is 0 Å². The van der Waals surface area contributed by atoms with Gasteiger partial charge in [-0.3, -0.25) is 4.79 Å². The highest BCUT2D eigenvalue weighted by molar-refractivity contribution is 5.86. The number of benzene rings is 1. The second-order valence-corrected chi connectivity index (χ2v) is 6.87. The Morgan fingerprint density at radius 1 is 1.25 bits per heavy atom. The van der Waals surface area contributed by atoms with Crippen LogP contribution in [0.4, 0.5) is 0 Å². The second-order valence-electron chi connectivity index (χ2n) is 6.87. The average Bonchev–Trinajstić information content (AvgIpc) is 3.00. The number of carbonyl (C=O) groups excluding carboxylic acids is 2. The summed E-state index contributed by atoms with van der Waals surface area (Å²) in [5.41, 5.74) is 2.65. The van der Waals surface area contributed by atoms with E-state index in [1.54, 1.807) is 0 Å². The van der Waals surface area contributed by atoms with Crippen LogP contribution in [0.25, 0.3) is 0 Å². The van der Waals surface area contributed by atoms with Crippen molar-refractivity contribution < 1.29 is 14.3 Å². The molecule has 24 heavy (non-hydrogen) atoms. The van der Waals surface area contributed by atoms with Crippen LogP contribution in [0, 0.1) is 17.8 Å². The van der Waals surface area contributed by atoms with Crippen molar-refractivity contribution >= 4 is 11.9 Å². The van der Waals surface area contributed by atoms with E-state index in [4.69, 9.17) is 4.74 Å². The number of hydrogen-bond acceptors (Lipinski definition) is 3. The number of rotatable bonds is 7. The summed E-state index contributed by atoms with van der Waals surface area (Å²) in [6, 6.07) is 7.71. The molecule has 4 nitrogen and oxygen atoms in total. The molecule has 2 unspecified atom stereocenters. The van der Waals surface area contributed by atoms with Gasteiger partial charge in [-0.1, -0.05) is 57.7 Å². The van der Waals surface area contributed by atoms with Crippen molar-refractivity contribution in [3.05, 3.63) is 48.0 Å². The van der Waals surface area contributed by atoms with E-state index in [-0.39, 0.29) is 30.3 Å². The zero-order valence-electron chi connectivity index (χ0n) is 14.7. The maximum absolute atomic E-state index is 12.6. The van der Waals surface area contributed by atoms with Gasteiger partial charge in [-0.2, -0.15) is 0 Å². The van der Waals surface area contributed by atoms with Gasteiger partial charge in [0.05, 0.1) is 0 Å². The van der Waals surface area contributed by atoms with Gasteiger partial charge in [0.15, 0.2) is 0 Å². The Morgan fingerprint density at radius 2 is 1.83 bits per heavy atom. The van der Waals surface area contributed by atoms with E-state index in [2.05, 4.69) is 24.0 Å². The minimum Gasteiger partial charge on any atom is -0.460 e. The zero-order valence-corrected chi connectivity index (χ0v) is 14.7. The number of carbonyl (C=O) groups is 2. The van der Waals surface area contributed by atoms with E-state index in [1.165, 1.54) is 17.2 Å². The first-order valence-electron chi connectivity index (χ1n) is 8.58. The quantitative estimate of drug-likeness (QED) is 0.618. The first-order valence-corrected chi connectivity index (χ1v) is 8.58. The first kappa shape index (κ1) is 18.2. The Balaban J connectivity index is 1.97. The van der Waals surface area contributed by atoms with Crippen molar-refractivity contribution in [1.29, 1.82) is 0 Å². The highest BCUT2D eigenvalue weighted by atomic mass is 16.5. The molecular formula is C20H27NO3. The third-order valence-corrected chi connectivity index (χ3v) is 4.77. The monoisotopic (exact) mass is 329 g/mol. The fourth-order valence-corrected chi connectivity index (χ4v) is 3.17. The number of ether oxygens (including phenoxy) is 1. The zero-order chi connectivity index (χ0) is 17.7. The number of esters is 1. The molecule has 2 atom stereocenters. The maximum Gasteiger partial charge on any atom is 0.329 e. The van der Waals surface area contributed by atoms with Gasteiger partial charge >= 0.3 is 5.97 Å². The van der Waals surface area contributed by atoms with Crippen molar-refractivity contribution in [3.8, 4) is 0 Å². The summed E-state index contributed by atoms with van der Waals surface area (Å²) in [6.45, 7) is 9.43. The summed E-state index contributed by atoms with van der Waals surface area (Å²) in [4.78, 5) is 24.8. The third-order valence-electron chi connectivity index (χ3n) is 4.77. The molecule has 0 bridgehead atoms. The average molecular weight is 329 g/mol. The summed E-state index contributed by atoms with van der Waals surface area (Å²) in [5.74, 6) is -0.383. The van der Waals surface area contributed by atoms with Crippen LogP contribution in [0.2, 0.25) is 0 Å². The third kappa shape index (κ3) is 4.25. The maximum atomic E-state index is 12.6. The Kier molecular flexibility index (Phi) is 6.18. The predicted molar refractivity (Wildman–Crippen MR) is 94.4 cm³/mol. The molecule has 1 amide bonds. The van der Waals surface area contributed by atoms with Gasteiger partial charge < -0.3 is 10.1 Å². The van der Waals surface area contributed by atoms with Crippen LogP contribution in [0.5, 0.6) is 0 Å². The number of hydrogen-bond donors (Lipinski definition) is 1. The smallest absolute Gasteiger partial charge is 0.329 e. The number of fused-ring (bicyclic) bond motifs is 1. The van der Waals surface area contributed by atoms with Gasteiger partial charge in [0.1, 0.15) is 12.6 Å². The van der Waals surface area contributed by atoms with Crippen LogP contribution in [-0.2, 0) is 27.2 Å². The lowest BCUT2D eigenvalue weighted by Gasteiger charge is -2.24. The molecule has 1 aliphatic rings. The number of amides is 1. The molecule has 0 heterocycles. The van der Waals surface area contributed by atoms with Crippen LogP contribution in [0.3, 0.4) is 0 Å². The van der Waals surface area contributed by atoms with Crippen molar-refractivity contribution in [2.45, 2.75) is 39.7 Å². The molecule has 0 aliphatic heterocycles. The normalized spacial score (nSPS) is 16.3. The Labute approximate surface area is 144 Å². The van der Waals surface area contributed by atoms with Gasteiger partial charge in [-0.15, -0.1) is 0 Å². The van der Waals surface area contributed by atoms with Gasteiger partial charge in [0.25, 0.3) is 0 Å². The van der Waals surface area contributed by atoms with Gasteiger partial charge in [0, 0.05) is 5.92 Å². The predicted octanol–water partition coefficient (Wildman–Crippen LogP) is 2.91. The van der Waals surface area contributed by atoms with Crippen molar-refractivity contribution in [1.82, 2.24) is 5.32 Å². The van der Waals surface area contributed by atoms with Crippen LogP contribution < -0.4 is 5.32 Å². The summed E-state index contributed by atoms with van der Waals surface area (Å²) in [5, 5.41) is 2.88.